The number of H-pyrrole nitrogens is 1. The molecule has 0 saturated heterocycles. The maximum absolute atomic E-state index is 13.3. The van der Waals surface area contributed by atoms with E-state index in [1.165, 1.54) is 0 Å². The Balaban J connectivity index is 1.67. The fourth-order valence-electron chi connectivity index (χ4n) is 3.51. The van der Waals surface area contributed by atoms with Crippen LogP contribution >= 0.6 is 11.6 Å². The molecule has 1 aromatic carbocycles. The number of hydrogen-bond donors (Lipinski definition) is 3. The molecular weight excluding hydrogens is 400 g/mol. The summed E-state index contributed by atoms with van der Waals surface area (Å²) in [4.78, 5) is 22.2. The Bertz CT molecular complexity index is 1190. The van der Waals surface area contributed by atoms with E-state index in [2.05, 4.69) is 46.6 Å². The van der Waals surface area contributed by atoms with Gasteiger partial charge in [0, 0.05) is 28.5 Å². The van der Waals surface area contributed by atoms with Crippen molar-refractivity contribution >= 4 is 39.9 Å². The van der Waals surface area contributed by atoms with Crippen LogP contribution in [0.2, 0.25) is 5.15 Å². The zero-order valence-electron chi connectivity index (χ0n) is 17.2. The van der Waals surface area contributed by atoms with Crippen molar-refractivity contribution in [3.8, 4) is 0 Å². The topological polar surface area (TPSA) is 95.1 Å². The molecular formula is C22H23ClN6O. The first-order chi connectivity index (χ1) is 14.2. The van der Waals surface area contributed by atoms with Crippen molar-refractivity contribution in [2.24, 2.45) is 10.4 Å². The molecule has 3 heterocycles. The SMILES string of the molecule is CC1=C(C(=O)Nc2ccc3[nH]ncc3c2)C(C(C)(C)C)N=C(c2ccnc(Cl)c2)N1. The normalized spacial score (nSPS) is 17.0. The molecule has 2 aromatic heterocycles. The van der Waals surface area contributed by atoms with Crippen LogP contribution in [0.1, 0.15) is 33.3 Å². The number of amidine groups is 1. The van der Waals surface area contributed by atoms with E-state index in [-0.39, 0.29) is 17.4 Å². The van der Waals surface area contributed by atoms with Gasteiger partial charge in [-0.3, -0.25) is 14.9 Å². The van der Waals surface area contributed by atoms with E-state index in [0.717, 1.165) is 22.2 Å². The number of halogens is 1. The Morgan fingerprint density at radius 2 is 2.00 bits per heavy atom. The fraction of sp³-hybridized carbons (Fsp3) is 0.273. The third-order valence-electron chi connectivity index (χ3n) is 5.00. The van der Waals surface area contributed by atoms with Gasteiger partial charge in [-0.25, -0.2) is 4.98 Å². The summed E-state index contributed by atoms with van der Waals surface area (Å²) in [5.41, 5.74) is 3.55. The Kier molecular flexibility index (Phi) is 5.07. The van der Waals surface area contributed by atoms with Crippen LogP contribution in [-0.2, 0) is 4.79 Å². The van der Waals surface area contributed by atoms with Crippen LogP contribution < -0.4 is 10.6 Å². The van der Waals surface area contributed by atoms with Crippen molar-refractivity contribution in [2.45, 2.75) is 33.7 Å². The lowest BCUT2D eigenvalue weighted by Gasteiger charge is -2.34. The van der Waals surface area contributed by atoms with Gasteiger partial charge in [0.25, 0.3) is 5.91 Å². The number of anilines is 1. The molecule has 154 valence electrons. The number of rotatable bonds is 3. The Hall–Kier alpha value is -3.19. The van der Waals surface area contributed by atoms with E-state index in [9.17, 15) is 4.79 Å². The summed E-state index contributed by atoms with van der Waals surface area (Å²) in [6.07, 6.45) is 3.37. The summed E-state index contributed by atoms with van der Waals surface area (Å²) in [5.74, 6) is 0.492. The number of aliphatic imine (C=N–C) groups is 1. The first kappa shape index (κ1) is 20.1. The average molecular weight is 423 g/mol. The fourth-order valence-corrected chi connectivity index (χ4v) is 3.69. The number of carbonyl (C=O) groups excluding carboxylic acids is 1. The minimum atomic E-state index is -0.335. The van der Waals surface area contributed by atoms with Gasteiger partial charge in [0.05, 0.1) is 23.3 Å². The van der Waals surface area contributed by atoms with Gasteiger partial charge >= 0.3 is 0 Å². The molecule has 1 aliphatic rings. The second kappa shape index (κ2) is 7.57. The second-order valence-corrected chi connectivity index (χ2v) is 8.79. The number of pyridine rings is 1. The predicted octanol–water partition coefficient (Wildman–Crippen LogP) is 4.29. The highest BCUT2D eigenvalue weighted by atomic mass is 35.5. The summed E-state index contributed by atoms with van der Waals surface area (Å²) in [5, 5.41) is 14.5. The van der Waals surface area contributed by atoms with E-state index in [0.29, 0.717) is 22.2 Å². The number of hydrogen-bond acceptors (Lipinski definition) is 5. The molecule has 0 spiro atoms. The Morgan fingerprint density at radius 3 is 2.73 bits per heavy atom. The molecule has 3 aromatic rings. The van der Waals surface area contributed by atoms with Crippen molar-refractivity contribution in [3.63, 3.8) is 0 Å². The van der Waals surface area contributed by atoms with Crippen molar-refractivity contribution in [2.75, 3.05) is 5.32 Å². The Morgan fingerprint density at radius 1 is 1.20 bits per heavy atom. The zero-order valence-corrected chi connectivity index (χ0v) is 18.0. The molecule has 8 heteroatoms. The molecule has 30 heavy (non-hydrogen) atoms. The molecule has 0 saturated carbocycles. The van der Waals surface area contributed by atoms with Crippen LogP contribution in [0, 0.1) is 5.41 Å². The van der Waals surface area contributed by atoms with Gasteiger partial charge in [-0.1, -0.05) is 32.4 Å². The standard InChI is InChI=1S/C22H23ClN6O/c1-12-18(21(30)27-15-5-6-16-14(9-15)11-25-29-16)19(22(2,3)4)28-20(26-12)13-7-8-24-17(23)10-13/h5-11,19H,1-4H3,(H,25,29)(H,26,28)(H,27,30). The highest BCUT2D eigenvalue weighted by Crippen LogP contribution is 2.33. The largest absolute Gasteiger partial charge is 0.343 e. The number of carbonyl (C=O) groups is 1. The van der Waals surface area contributed by atoms with Gasteiger partial charge in [-0.2, -0.15) is 5.10 Å². The first-order valence-corrected chi connectivity index (χ1v) is 10.0. The average Bonchev–Trinajstić information content (AvgIpc) is 3.14. The van der Waals surface area contributed by atoms with E-state index in [1.54, 1.807) is 18.5 Å². The number of amides is 1. The third kappa shape index (κ3) is 3.93. The monoisotopic (exact) mass is 422 g/mol. The zero-order chi connectivity index (χ0) is 21.5. The van der Waals surface area contributed by atoms with E-state index in [4.69, 9.17) is 16.6 Å². The lowest BCUT2D eigenvalue weighted by atomic mass is 9.80. The minimum Gasteiger partial charge on any atom is -0.343 e. The number of nitrogens with one attached hydrogen (secondary N) is 3. The van der Waals surface area contributed by atoms with E-state index in [1.807, 2.05) is 31.2 Å². The highest BCUT2D eigenvalue weighted by molar-refractivity contribution is 6.29. The van der Waals surface area contributed by atoms with Crippen LogP contribution in [0.15, 0.2) is 59.0 Å². The molecule has 0 fully saturated rings. The number of aromatic nitrogens is 3. The summed E-state index contributed by atoms with van der Waals surface area (Å²) in [6.45, 7) is 8.11. The van der Waals surface area contributed by atoms with Crippen LogP contribution in [0.4, 0.5) is 5.69 Å². The summed E-state index contributed by atoms with van der Waals surface area (Å²) in [6, 6.07) is 8.90. The van der Waals surface area contributed by atoms with Gasteiger partial charge in [-0.05, 0) is 42.7 Å². The Labute approximate surface area is 179 Å². The second-order valence-electron chi connectivity index (χ2n) is 8.40. The van der Waals surface area contributed by atoms with Gasteiger partial charge in [0.15, 0.2) is 0 Å². The summed E-state index contributed by atoms with van der Waals surface area (Å²) in [7, 11) is 0. The van der Waals surface area contributed by atoms with Crippen molar-refractivity contribution in [1.29, 1.82) is 0 Å². The number of fused-ring (bicyclic) bond motifs is 1. The lowest BCUT2D eigenvalue weighted by molar-refractivity contribution is -0.113. The molecule has 0 bridgehead atoms. The molecule has 0 aliphatic carbocycles. The van der Waals surface area contributed by atoms with Crippen molar-refractivity contribution < 1.29 is 4.79 Å². The molecule has 1 atom stereocenters. The van der Waals surface area contributed by atoms with Crippen LogP contribution in [-0.4, -0.2) is 33.0 Å². The lowest BCUT2D eigenvalue weighted by Crippen LogP contribution is -2.42. The molecule has 1 unspecified atom stereocenters. The van der Waals surface area contributed by atoms with Gasteiger partial charge in [0.1, 0.15) is 11.0 Å². The predicted molar refractivity (Wildman–Crippen MR) is 120 cm³/mol. The maximum Gasteiger partial charge on any atom is 0.255 e. The number of aromatic amines is 1. The maximum atomic E-state index is 13.3. The molecule has 3 N–H and O–H groups in total. The van der Waals surface area contributed by atoms with Gasteiger partial charge in [-0.15, -0.1) is 0 Å². The van der Waals surface area contributed by atoms with Gasteiger partial charge < -0.3 is 10.6 Å². The number of benzene rings is 1. The molecule has 0 radical (unpaired) electrons. The first-order valence-electron chi connectivity index (χ1n) is 9.64. The van der Waals surface area contributed by atoms with Crippen LogP contribution in [0.25, 0.3) is 10.9 Å². The summed E-state index contributed by atoms with van der Waals surface area (Å²) < 4.78 is 0. The van der Waals surface area contributed by atoms with E-state index < -0.39 is 0 Å². The summed E-state index contributed by atoms with van der Waals surface area (Å²) >= 11 is 6.05. The number of allylic oxidation sites excluding steroid dienone is 1. The molecule has 1 aliphatic heterocycles. The molecule has 1 amide bonds. The van der Waals surface area contributed by atoms with Crippen molar-refractivity contribution in [1.82, 2.24) is 20.5 Å². The quantitative estimate of drug-likeness (QED) is 0.549. The van der Waals surface area contributed by atoms with E-state index >= 15 is 0 Å². The van der Waals surface area contributed by atoms with Crippen molar-refractivity contribution in [3.05, 3.63) is 64.7 Å². The highest BCUT2D eigenvalue weighted by Gasteiger charge is 2.36. The smallest absolute Gasteiger partial charge is 0.255 e. The molecule has 4 rings (SSSR count). The third-order valence-corrected chi connectivity index (χ3v) is 5.21. The number of nitrogens with zero attached hydrogens (tertiary/aromatic N) is 3. The molecule has 7 nitrogen and oxygen atoms in total. The van der Waals surface area contributed by atoms with Crippen LogP contribution in [0.5, 0.6) is 0 Å². The minimum absolute atomic E-state index is 0.182. The van der Waals surface area contributed by atoms with Crippen LogP contribution in [0.3, 0.4) is 0 Å². The van der Waals surface area contributed by atoms with Gasteiger partial charge in [0.2, 0.25) is 0 Å².